The lowest BCUT2D eigenvalue weighted by Gasteiger charge is -2.14. The van der Waals surface area contributed by atoms with E-state index in [0.29, 0.717) is 5.92 Å². The number of rotatable bonds is 4. The predicted octanol–water partition coefficient (Wildman–Crippen LogP) is 2.16. The van der Waals surface area contributed by atoms with E-state index in [2.05, 4.69) is 18.8 Å². The van der Waals surface area contributed by atoms with Gasteiger partial charge in [-0.2, -0.15) is 0 Å². The number of pyridine rings is 1. The molecule has 0 aliphatic carbocycles. The van der Waals surface area contributed by atoms with Gasteiger partial charge in [0.05, 0.1) is 5.03 Å². The summed E-state index contributed by atoms with van der Waals surface area (Å²) in [6, 6.07) is 6.19. The first kappa shape index (κ1) is 10.5. The Labute approximate surface area is 83.9 Å². The van der Waals surface area contributed by atoms with Crippen LogP contribution in [0.3, 0.4) is 0 Å². The minimum absolute atomic E-state index is 0.256. The van der Waals surface area contributed by atoms with Crippen LogP contribution in [-0.2, 0) is 0 Å². The molecule has 0 bridgehead atoms. The average Bonchev–Trinajstić information content (AvgIpc) is 2.15. The molecule has 1 aromatic rings. The van der Waals surface area contributed by atoms with Gasteiger partial charge in [0, 0.05) is 18.0 Å². The van der Waals surface area contributed by atoms with E-state index < -0.39 is 0 Å². The summed E-state index contributed by atoms with van der Waals surface area (Å²) in [4.78, 5) is 4.22. The van der Waals surface area contributed by atoms with Crippen molar-refractivity contribution in [2.45, 2.75) is 24.9 Å². The third kappa shape index (κ3) is 3.79. The molecule has 2 nitrogen and oxygen atoms in total. The average molecular weight is 196 g/mol. The highest BCUT2D eigenvalue weighted by atomic mass is 32.2. The number of nitrogens with two attached hydrogens (primary N) is 1. The molecule has 0 fully saturated rings. The van der Waals surface area contributed by atoms with Crippen LogP contribution in [0, 0.1) is 5.92 Å². The first-order valence-electron chi connectivity index (χ1n) is 4.49. The van der Waals surface area contributed by atoms with E-state index >= 15 is 0 Å². The van der Waals surface area contributed by atoms with Gasteiger partial charge in [-0.05, 0) is 18.1 Å². The van der Waals surface area contributed by atoms with Crippen molar-refractivity contribution in [2.75, 3.05) is 5.75 Å². The second-order valence-corrected chi connectivity index (χ2v) is 4.43. The third-order valence-corrected chi connectivity index (χ3v) is 3.01. The maximum atomic E-state index is 5.92. The lowest BCUT2D eigenvalue weighted by molar-refractivity contribution is 0.535. The molecule has 0 unspecified atom stereocenters. The molecule has 0 spiro atoms. The van der Waals surface area contributed by atoms with Gasteiger partial charge in [-0.15, -0.1) is 11.8 Å². The lowest BCUT2D eigenvalue weighted by Crippen LogP contribution is -2.28. The van der Waals surface area contributed by atoms with Gasteiger partial charge in [-0.3, -0.25) is 0 Å². The van der Waals surface area contributed by atoms with Crippen LogP contribution in [0.5, 0.6) is 0 Å². The van der Waals surface area contributed by atoms with Crippen LogP contribution < -0.4 is 5.73 Å². The zero-order valence-electron chi connectivity index (χ0n) is 8.10. The Morgan fingerprint density at radius 2 is 2.23 bits per heavy atom. The first-order chi connectivity index (χ1) is 6.20. The molecule has 1 heterocycles. The summed E-state index contributed by atoms with van der Waals surface area (Å²) >= 11 is 1.72. The standard InChI is InChI=1S/C10H16N2S/c1-8(2)9(11)7-13-10-5-3-4-6-12-10/h3-6,8-9H,7,11H2,1-2H3/t9-/m1/s1. The summed E-state index contributed by atoms with van der Waals surface area (Å²) in [5, 5.41) is 1.05. The summed E-state index contributed by atoms with van der Waals surface area (Å²) in [7, 11) is 0. The molecule has 0 saturated carbocycles. The molecule has 1 rings (SSSR count). The second kappa shape index (κ2) is 5.25. The molecule has 0 aromatic carbocycles. The van der Waals surface area contributed by atoms with E-state index in [1.54, 1.807) is 11.8 Å². The van der Waals surface area contributed by atoms with Gasteiger partial charge in [0.15, 0.2) is 0 Å². The van der Waals surface area contributed by atoms with Gasteiger partial charge < -0.3 is 5.73 Å². The van der Waals surface area contributed by atoms with Gasteiger partial charge in [-0.25, -0.2) is 4.98 Å². The molecule has 13 heavy (non-hydrogen) atoms. The highest BCUT2D eigenvalue weighted by Crippen LogP contribution is 2.16. The molecular weight excluding hydrogens is 180 g/mol. The summed E-state index contributed by atoms with van der Waals surface area (Å²) in [6.45, 7) is 4.29. The Morgan fingerprint density at radius 1 is 1.46 bits per heavy atom. The van der Waals surface area contributed by atoms with Crippen molar-refractivity contribution in [2.24, 2.45) is 11.7 Å². The van der Waals surface area contributed by atoms with Crippen molar-refractivity contribution in [1.29, 1.82) is 0 Å². The van der Waals surface area contributed by atoms with E-state index in [1.165, 1.54) is 0 Å². The smallest absolute Gasteiger partial charge is 0.0960 e. The third-order valence-electron chi connectivity index (χ3n) is 1.92. The molecule has 3 heteroatoms. The first-order valence-corrected chi connectivity index (χ1v) is 5.48. The lowest BCUT2D eigenvalue weighted by atomic mass is 10.1. The Bertz CT molecular complexity index is 236. The van der Waals surface area contributed by atoms with Crippen molar-refractivity contribution >= 4 is 11.8 Å². The fraction of sp³-hybridized carbons (Fsp3) is 0.500. The molecule has 0 aliphatic heterocycles. The molecule has 0 radical (unpaired) electrons. The van der Waals surface area contributed by atoms with Crippen molar-refractivity contribution in [3.05, 3.63) is 24.4 Å². The molecule has 0 saturated heterocycles. The van der Waals surface area contributed by atoms with E-state index in [1.807, 2.05) is 24.4 Å². The van der Waals surface area contributed by atoms with Gasteiger partial charge >= 0.3 is 0 Å². The van der Waals surface area contributed by atoms with Crippen LogP contribution in [-0.4, -0.2) is 16.8 Å². The zero-order valence-corrected chi connectivity index (χ0v) is 8.92. The predicted molar refractivity (Wildman–Crippen MR) is 57.8 cm³/mol. The monoisotopic (exact) mass is 196 g/mol. The summed E-state index contributed by atoms with van der Waals surface area (Å²) < 4.78 is 0. The van der Waals surface area contributed by atoms with Crippen LogP contribution >= 0.6 is 11.8 Å². The molecule has 1 atom stereocenters. The zero-order chi connectivity index (χ0) is 9.68. The highest BCUT2D eigenvalue weighted by Gasteiger charge is 2.07. The fourth-order valence-electron chi connectivity index (χ4n) is 0.807. The SMILES string of the molecule is CC(C)[C@H](N)CSc1ccccn1. The van der Waals surface area contributed by atoms with Gasteiger partial charge in [0.1, 0.15) is 0 Å². The van der Waals surface area contributed by atoms with E-state index in [-0.39, 0.29) is 6.04 Å². The van der Waals surface area contributed by atoms with Crippen LogP contribution in [0.4, 0.5) is 0 Å². The van der Waals surface area contributed by atoms with Crippen molar-refractivity contribution in [1.82, 2.24) is 4.98 Å². The number of thioether (sulfide) groups is 1. The van der Waals surface area contributed by atoms with E-state index in [4.69, 9.17) is 5.73 Å². The minimum Gasteiger partial charge on any atom is -0.327 e. The molecule has 2 N–H and O–H groups in total. The van der Waals surface area contributed by atoms with Crippen LogP contribution in [0.1, 0.15) is 13.8 Å². The normalized spacial score (nSPS) is 13.2. The fourth-order valence-corrected chi connectivity index (χ4v) is 1.86. The number of hydrogen-bond donors (Lipinski definition) is 1. The van der Waals surface area contributed by atoms with Crippen LogP contribution in [0.2, 0.25) is 0 Å². The van der Waals surface area contributed by atoms with Gasteiger partial charge in [0.2, 0.25) is 0 Å². The Kier molecular flexibility index (Phi) is 4.25. The Balaban J connectivity index is 2.35. The maximum absolute atomic E-state index is 5.92. The van der Waals surface area contributed by atoms with Crippen molar-refractivity contribution in [3.8, 4) is 0 Å². The largest absolute Gasteiger partial charge is 0.327 e. The number of hydrogen-bond acceptors (Lipinski definition) is 3. The van der Waals surface area contributed by atoms with E-state index in [9.17, 15) is 0 Å². The Morgan fingerprint density at radius 3 is 2.77 bits per heavy atom. The van der Waals surface area contributed by atoms with Crippen molar-refractivity contribution in [3.63, 3.8) is 0 Å². The van der Waals surface area contributed by atoms with E-state index in [0.717, 1.165) is 10.8 Å². The highest BCUT2D eigenvalue weighted by molar-refractivity contribution is 7.99. The van der Waals surface area contributed by atoms with Crippen molar-refractivity contribution < 1.29 is 0 Å². The van der Waals surface area contributed by atoms with Gasteiger partial charge in [-0.1, -0.05) is 19.9 Å². The number of nitrogens with zero attached hydrogens (tertiary/aromatic N) is 1. The van der Waals surface area contributed by atoms with Gasteiger partial charge in [0.25, 0.3) is 0 Å². The Hall–Kier alpha value is -0.540. The minimum atomic E-state index is 0.256. The topological polar surface area (TPSA) is 38.9 Å². The summed E-state index contributed by atoms with van der Waals surface area (Å²) in [6.07, 6.45) is 1.81. The number of aromatic nitrogens is 1. The van der Waals surface area contributed by atoms with Crippen LogP contribution in [0.25, 0.3) is 0 Å². The van der Waals surface area contributed by atoms with Crippen LogP contribution in [0.15, 0.2) is 29.4 Å². The molecule has 72 valence electrons. The molecule has 1 aromatic heterocycles. The maximum Gasteiger partial charge on any atom is 0.0960 e. The molecule has 0 amide bonds. The second-order valence-electron chi connectivity index (χ2n) is 3.39. The quantitative estimate of drug-likeness (QED) is 0.750. The molecule has 0 aliphatic rings. The summed E-state index contributed by atoms with van der Waals surface area (Å²) in [5.41, 5.74) is 5.92. The molecular formula is C10H16N2S. The summed E-state index contributed by atoms with van der Waals surface area (Å²) in [5.74, 6) is 1.48.